The van der Waals surface area contributed by atoms with Crippen molar-refractivity contribution in [3.63, 3.8) is 0 Å². The predicted molar refractivity (Wildman–Crippen MR) is 85.9 cm³/mol. The minimum atomic E-state index is 0.476. The van der Waals surface area contributed by atoms with Crippen molar-refractivity contribution in [1.29, 1.82) is 0 Å². The molecule has 0 radical (unpaired) electrons. The van der Waals surface area contributed by atoms with Crippen LogP contribution >= 0.6 is 11.6 Å². The molecule has 1 saturated heterocycles. The molecule has 0 N–H and O–H groups in total. The summed E-state index contributed by atoms with van der Waals surface area (Å²) in [4.78, 5) is 6.49. The summed E-state index contributed by atoms with van der Waals surface area (Å²) in [6.45, 7) is 3.95. The molecule has 1 aromatic heterocycles. The van der Waals surface area contributed by atoms with E-state index in [1.807, 2.05) is 16.8 Å². The van der Waals surface area contributed by atoms with E-state index >= 15 is 0 Å². The Hall–Kier alpha value is -1.79. The molecule has 23 heavy (non-hydrogen) atoms. The summed E-state index contributed by atoms with van der Waals surface area (Å²) < 4.78 is 13.2. The topological polar surface area (TPSA) is 52.4 Å². The molecule has 2 aromatic rings. The third kappa shape index (κ3) is 3.14. The van der Waals surface area contributed by atoms with Crippen molar-refractivity contribution >= 4 is 11.6 Å². The second-order valence-electron chi connectivity index (χ2n) is 5.99. The second-order valence-corrected chi connectivity index (χ2v) is 6.39. The summed E-state index contributed by atoms with van der Waals surface area (Å²) in [6, 6.07) is 4.51. The van der Waals surface area contributed by atoms with Gasteiger partial charge in [-0.3, -0.25) is 9.58 Å². The molecule has 1 atom stereocenters. The van der Waals surface area contributed by atoms with E-state index in [2.05, 4.69) is 15.0 Å². The monoisotopic (exact) mass is 334 g/mol. The average Bonchev–Trinajstić information content (AvgIpc) is 3.21. The smallest absolute Gasteiger partial charge is 0.179 e. The number of fused-ring (bicyclic) bond motifs is 1. The van der Waals surface area contributed by atoms with Crippen LogP contribution in [0.1, 0.15) is 18.4 Å². The standard InChI is InChI=1S/C16H19ClN4O2/c17-14-6-12(7-15-16(14)23-5-4-22-15)8-20-3-1-2-13(20)9-21-11-18-10-19-21/h6-7,10-11,13H,1-5,8-9H2. The largest absolute Gasteiger partial charge is 0.486 e. The number of rotatable bonds is 4. The van der Waals surface area contributed by atoms with Gasteiger partial charge >= 0.3 is 0 Å². The van der Waals surface area contributed by atoms with Crippen LogP contribution in [0.5, 0.6) is 11.5 Å². The van der Waals surface area contributed by atoms with Gasteiger partial charge in [-0.1, -0.05) is 11.6 Å². The van der Waals surface area contributed by atoms with E-state index < -0.39 is 0 Å². The molecule has 2 aliphatic rings. The molecule has 7 heteroatoms. The van der Waals surface area contributed by atoms with Gasteiger partial charge in [0.25, 0.3) is 0 Å². The molecule has 1 unspecified atom stereocenters. The van der Waals surface area contributed by atoms with Gasteiger partial charge < -0.3 is 9.47 Å². The summed E-state index contributed by atoms with van der Waals surface area (Å²) in [5, 5.41) is 4.84. The molecule has 0 spiro atoms. The molecule has 122 valence electrons. The summed E-state index contributed by atoms with van der Waals surface area (Å²) >= 11 is 6.34. The Labute approximate surface area is 140 Å². The second kappa shape index (κ2) is 6.37. The van der Waals surface area contributed by atoms with Crippen LogP contribution in [0.4, 0.5) is 0 Å². The minimum Gasteiger partial charge on any atom is -0.486 e. The zero-order valence-electron chi connectivity index (χ0n) is 12.8. The van der Waals surface area contributed by atoms with Gasteiger partial charge in [-0.15, -0.1) is 0 Å². The van der Waals surface area contributed by atoms with Crippen molar-refractivity contribution in [2.45, 2.75) is 32.0 Å². The van der Waals surface area contributed by atoms with E-state index in [4.69, 9.17) is 21.1 Å². The molecule has 3 heterocycles. The maximum atomic E-state index is 6.34. The van der Waals surface area contributed by atoms with Gasteiger partial charge in [0.1, 0.15) is 25.9 Å². The molecular weight excluding hydrogens is 316 g/mol. The Balaban J connectivity index is 1.49. The van der Waals surface area contributed by atoms with Gasteiger partial charge in [0.05, 0.1) is 11.6 Å². The zero-order chi connectivity index (χ0) is 15.6. The van der Waals surface area contributed by atoms with Crippen LogP contribution in [0.25, 0.3) is 0 Å². The fourth-order valence-electron chi connectivity index (χ4n) is 3.34. The van der Waals surface area contributed by atoms with Crippen LogP contribution in [0.15, 0.2) is 24.8 Å². The average molecular weight is 335 g/mol. The number of ether oxygens (including phenoxy) is 2. The van der Waals surface area contributed by atoms with Crippen LogP contribution in [-0.2, 0) is 13.1 Å². The minimum absolute atomic E-state index is 0.476. The maximum absolute atomic E-state index is 6.34. The Morgan fingerprint density at radius 2 is 2.17 bits per heavy atom. The van der Waals surface area contributed by atoms with Crippen molar-refractivity contribution in [1.82, 2.24) is 19.7 Å². The molecule has 0 amide bonds. The summed E-state index contributed by atoms with van der Waals surface area (Å²) in [6.07, 6.45) is 5.74. The van der Waals surface area contributed by atoms with Gasteiger partial charge in [0.2, 0.25) is 0 Å². The van der Waals surface area contributed by atoms with Crippen molar-refractivity contribution in [3.05, 3.63) is 35.4 Å². The van der Waals surface area contributed by atoms with Gasteiger partial charge in [-0.2, -0.15) is 5.10 Å². The maximum Gasteiger partial charge on any atom is 0.179 e. The van der Waals surface area contributed by atoms with E-state index in [9.17, 15) is 0 Å². The number of hydrogen-bond donors (Lipinski definition) is 0. The van der Waals surface area contributed by atoms with Crippen LogP contribution in [0.3, 0.4) is 0 Å². The molecule has 0 saturated carbocycles. The first kappa shape index (κ1) is 14.8. The van der Waals surface area contributed by atoms with Gasteiger partial charge in [0, 0.05) is 12.6 Å². The lowest BCUT2D eigenvalue weighted by Gasteiger charge is -2.26. The van der Waals surface area contributed by atoms with Crippen LogP contribution < -0.4 is 9.47 Å². The Bertz CT molecular complexity index is 677. The van der Waals surface area contributed by atoms with E-state index in [-0.39, 0.29) is 0 Å². The van der Waals surface area contributed by atoms with Crippen LogP contribution in [-0.4, -0.2) is 45.5 Å². The van der Waals surface area contributed by atoms with Crippen molar-refractivity contribution in [3.8, 4) is 11.5 Å². The number of likely N-dealkylation sites (tertiary alicyclic amines) is 1. The highest BCUT2D eigenvalue weighted by atomic mass is 35.5. The zero-order valence-corrected chi connectivity index (χ0v) is 13.6. The van der Waals surface area contributed by atoms with Crippen LogP contribution in [0.2, 0.25) is 5.02 Å². The SMILES string of the molecule is Clc1cc(CN2CCCC2Cn2cncn2)cc2c1OCCO2. The summed E-state index contributed by atoms with van der Waals surface area (Å²) in [7, 11) is 0. The van der Waals surface area contributed by atoms with Crippen LogP contribution in [0, 0.1) is 0 Å². The summed E-state index contributed by atoms with van der Waals surface area (Å²) in [5.41, 5.74) is 1.16. The number of aromatic nitrogens is 3. The van der Waals surface area contributed by atoms with Gasteiger partial charge in [-0.05, 0) is 37.1 Å². The normalized spacial score (nSPS) is 20.8. The van der Waals surface area contributed by atoms with Gasteiger partial charge in [-0.25, -0.2) is 4.98 Å². The molecule has 1 fully saturated rings. The molecular formula is C16H19ClN4O2. The van der Waals surface area contributed by atoms with E-state index in [1.165, 1.54) is 12.8 Å². The molecule has 6 nitrogen and oxygen atoms in total. The number of nitrogens with zero attached hydrogens (tertiary/aromatic N) is 4. The highest BCUT2D eigenvalue weighted by molar-refractivity contribution is 6.32. The van der Waals surface area contributed by atoms with E-state index in [0.29, 0.717) is 30.0 Å². The Morgan fingerprint density at radius 3 is 3.04 bits per heavy atom. The lowest BCUT2D eigenvalue weighted by Crippen LogP contribution is -2.32. The first-order chi connectivity index (χ1) is 11.3. The third-order valence-corrected chi connectivity index (χ3v) is 4.69. The quantitative estimate of drug-likeness (QED) is 0.859. The van der Waals surface area contributed by atoms with Crippen molar-refractivity contribution in [2.75, 3.05) is 19.8 Å². The molecule has 4 rings (SSSR count). The number of hydrogen-bond acceptors (Lipinski definition) is 5. The predicted octanol–water partition coefficient (Wildman–Crippen LogP) is 2.37. The fourth-order valence-corrected chi connectivity index (χ4v) is 3.63. The van der Waals surface area contributed by atoms with E-state index in [1.54, 1.807) is 12.7 Å². The highest BCUT2D eigenvalue weighted by Gasteiger charge is 2.26. The number of halogens is 1. The molecule has 0 bridgehead atoms. The third-order valence-electron chi connectivity index (χ3n) is 4.41. The van der Waals surface area contributed by atoms with E-state index in [0.717, 1.165) is 30.9 Å². The fraction of sp³-hybridized carbons (Fsp3) is 0.500. The molecule has 1 aromatic carbocycles. The Kier molecular flexibility index (Phi) is 4.10. The highest BCUT2D eigenvalue weighted by Crippen LogP contribution is 2.39. The van der Waals surface area contributed by atoms with Crippen molar-refractivity contribution < 1.29 is 9.47 Å². The first-order valence-corrected chi connectivity index (χ1v) is 8.32. The lowest BCUT2D eigenvalue weighted by atomic mass is 10.1. The first-order valence-electron chi connectivity index (χ1n) is 7.94. The van der Waals surface area contributed by atoms with Gasteiger partial charge in [0.15, 0.2) is 11.5 Å². The number of benzene rings is 1. The summed E-state index contributed by atoms with van der Waals surface area (Å²) in [5.74, 6) is 1.42. The van der Waals surface area contributed by atoms with Crippen molar-refractivity contribution in [2.24, 2.45) is 0 Å². The molecule has 2 aliphatic heterocycles. The lowest BCUT2D eigenvalue weighted by molar-refractivity contribution is 0.170. The Morgan fingerprint density at radius 1 is 1.26 bits per heavy atom. The molecule has 0 aliphatic carbocycles.